The number of carboxylic acid groups (broad SMARTS) is 1. The molecule has 0 spiro atoms. The monoisotopic (exact) mass is 227 g/mol. The fraction of sp³-hybridized carbons (Fsp3) is 0.833. The van der Waals surface area contributed by atoms with Gasteiger partial charge in [-0.25, -0.2) is 0 Å². The zero-order valence-electron chi connectivity index (χ0n) is 10.1. The van der Waals surface area contributed by atoms with Gasteiger partial charge < -0.3 is 10.0 Å². The van der Waals surface area contributed by atoms with Gasteiger partial charge in [0.2, 0.25) is 5.91 Å². The van der Waals surface area contributed by atoms with E-state index in [0.29, 0.717) is 24.8 Å². The van der Waals surface area contributed by atoms with Gasteiger partial charge in [-0.15, -0.1) is 0 Å². The van der Waals surface area contributed by atoms with Crippen LogP contribution in [0.25, 0.3) is 0 Å². The molecule has 1 amide bonds. The Labute approximate surface area is 96.6 Å². The minimum atomic E-state index is -0.826. The van der Waals surface area contributed by atoms with E-state index in [0.717, 1.165) is 19.4 Å². The maximum atomic E-state index is 11.8. The van der Waals surface area contributed by atoms with E-state index in [1.165, 1.54) is 0 Å². The molecule has 4 heteroatoms. The number of hydrogen-bond acceptors (Lipinski definition) is 2. The SMILES string of the molecule is CC1CCN(C(=O)CCCC(=O)O)C(C)C1. The lowest BCUT2D eigenvalue weighted by Gasteiger charge is -2.36. The van der Waals surface area contributed by atoms with Crippen LogP contribution in [0.1, 0.15) is 46.0 Å². The standard InChI is InChI=1S/C12H21NO3/c1-9-6-7-13(10(2)8-9)11(14)4-3-5-12(15)16/h9-10H,3-8H2,1-2H3,(H,15,16). The number of amides is 1. The molecule has 1 aliphatic heterocycles. The van der Waals surface area contributed by atoms with Gasteiger partial charge in [-0.05, 0) is 32.1 Å². The summed E-state index contributed by atoms with van der Waals surface area (Å²) in [6.45, 7) is 5.11. The van der Waals surface area contributed by atoms with Gasteiger partial charge in [-0.3, -0.25) is 9.59 Å². The topological polar surface area (TPSA) is 57.6 Å². The molecule has 0 aromatic rings. The Morgan fingerprint density at radius 2 is 2.00 bits per heavy atom. The number of carboxylic acids is 1. The summed E-state index contributed by atoms with van der Waals surface area (Å²) in [6, 6.07) is 0.307. The van der Waals surface area contributed by atoms with E-state index in [1.807, 2.05) is 4.90 Å². The highest BCUT2D eigenvalue weighted by atomic mass is 16.4. The molecule has 92 valence electrons. The molecule has 0 aliphatic carbocycles. The van der Waals surface area contributed by atoms with E-state index in [1.54, 1.807) is 0 Å². The molecule has 1 N–H and O–H groups in total. The summed E-state index contributed by atoms with van der Waals surface area (Å²) in [6.07, 6.45) is 3.03. The third-order valence-electron chi connectivity index (χ3n) is 3.24. The van der Waals surface area contributed by atoms with Gasteiger partial charge in [-0.1, -0.05) is 6.92 Å². The van der Waals surface area contributed by atoms with E-state index < -0.39 is 5.97 Å². The quantitative estimate of drug-likeness (QED) is 0.797. The molecule has 1 aliphatic rings. The largest absolute Gasteiger partial charge is 0.481 e. The molecule has 0 bridgehead atoms. The average molecular weight is 227 g/mol. The van der Waals surface area contributed by atoms with Crippen molar-refractivity contribution in [1.29, 1.82) is 0 Å². The predicted molar refractivity (Wildman–Crippen MR) is 61.1 cm³/mol. The molecular formula is C12H21NO3. The second-order valence-electron chi connectivity index (χ2n) is 4.81. The molecule has 16 heavy (non-hydrogen) atoms. The summed E-state index contributed by atoms with van der Waals surface area (Å²) in [7, 11) is 0. The first-order valence-electron chi connectivity index (χ1n) is 6.02. The number of carbonyl (C=O) groups is 2. The van der Waals surface area contributed by atoms with Crippen molar-refractivity contribution in [3.05, 3.63) is 0 Å². The van der Waals surface area contributed by atoms with Crippen LogP contribution < -0.4 is 0 Å². The fourth-order valence-corrected chi connectivity index (χ4v) is 2.31. The van der Waals surface area contributed by atoms with Crippen LogP contribution in [0.4, 0.5) is 0 Å². The van der Waals surface area contributed by atoms with Gasteiger partial charge in [0, 0.05) is 25.4 Å². The van der Waals surface area contributed by atoms with Gasteiger partial charge in [0.1, 0.15) is 0 Å². The molecule has 2 unspecified atom stereocenters. The van der Waals surface area contributed by atoms with Gasteiger partial charge in [0.05, 0.1) is 0 Å². The molecule has 1 rings (SSSR count). The van der Waals surface area contributed by atoms with Crippen molar-refractivity contribution in [1.82, 2.24) is 4.90 Å². The zero-order valence-corrected chi connectivity index (χ0v) is 10.1. The highest BCUT2D eigenvalue weighted by Gasteiger charge is 2.26. The Morgan fingerprint density at radius 3 is 2.56 bits per heavy atom. The van der Waals surface area contributed by atoms with Crippen molar-refractivity contribution in [2.75, 3.05) is 6.54 Å². The first kappa shape index (κ1) is 13.0. The van der Waals surface area contributed by atoms with Gasteiger partial charge in [0.25, 0.3) is 0 Å². The van der Waals surface area contributed by atoms with Crippen LogP contribution in [-0.2, 0) is 9.59 Å². The Balaban J connectivity index is 2.33. The van der Waals surface area contributed by atoms with Crippen molar-refractivity contribution >= 4 is 11.9 Å². The van der Waals surface area contributed by atoms with Gasteiger partial charge in [-0.2, -0.15) is 0 Å². The number of nitrogens with zero attached hydrogens (tertiary/aromatic N) is 1. The second kappa shape index (κ2) is 5.87. The zero-order chi connectivity index (χ0) is 12.1. The molecule has 0 aromatic carbocycles. The number of carbonyl (C=O) groups excluding carboxylic acids is 1. The van der Waals surface area contributed by atoms with Gasteiger partial charge >= 0.3 is 5.97 Å². The Kier molecular flexibility index (Phi) is 4.77. The van der Waals surface area contributed by atoms with Gasteiger partial charge in [0.15, 0.2) is 0 Å². The molecule has 0 radical (unpaired) electrons. The van der Waals surface area contributed by atoms with Crippen LogP contribution in [0.5, 0.6) is 0 Å². The minimum Gasteiger partial charge on any atom is -0.481 e. The molecule has 0 aromatic heterocycles. The molecule has 1 fully saturated rings. The van der Waals surface area contributed by atoms with Crippen LogP contribution in [0.15, 0.2) is 0 Å². The smallest absolute Gasteiger partial charge is 0.303 e. The van der Waals surface area contributed by atoms with Crippen LogP contribution in [0, 0.1) is 5.92 Å². The molecule has 0 saturated carbocycles. The number of likely N-dealkylation sites (tertiary alicyclic amines) is 1. The van der Waals surface area contributed by atoms with Crippen molar-refractivity contribution < 1.29 is 14.7 Å². The highest BCUT2D eigenvalue weighted by Crippen LogP contribution is 2.22. The van der Waals surface area contributed by atoms with Crippen LogP contribution in [-0.4, -0.2) is 34.5 Å². The van der Waals surface area contributed by atoms with E-state index in [2.05, 4.69) is 13.8 Å². The average Bonchev–Trinajstić information content (AvgIpc) is 2.16. The summed E-state index contributed by atoms with van der Waals surface area (Å²) in [5.74, 6) is -0.0214. The number of aliphatic carboxylic acids is 1. The van der Waals surface area contributed by atoms with Crippen molar-refractivity contribution in [3.63, 3.8) is 0 Å². The number of piperidine rings is 1. The summed E-state index contributed by atoms with van der Waals surface area (Å²) >= 11 is 0. The minimum absolute atomic E-state index is 0.0877. The Morgan fingerprint density at radius 1 is 1.31 bits per heavy atom. The second-order valence-corrected chi connectivity index (χ2v) is 4.81. The van der Waals surface area contributed by atoms with Crippen LogP contribution in [0.2, 0.25) is 0 Å². The van der Waals surface area contributed by atoms with Crippen LogP contribution in [0.3, 0.4) is 0 Å². The molecule has 2 atom stereocenters. The van der Waals surface area contributed by atoms with E-state index in [4.69, 9.17) is 5.11 Å². The summed E-state index contributed by atoms with van der Waals surface area (Å²) in [4.78, 5) is 24.1. The normalized spacial score (nSPS) is 25.5. The van der Waals surface area contributed by atoms with Crippen LogP contribution >= 0.6 is 0 Å². The summed E-state index contributed by atoms with van der Waals surface area (Å²) < 4.78 is 0. The summed E-state index contributed by atoms with van der Waals surface area (Å²) in [5.41, 5.74) is 0. The maximum absolute atomic E-state index is 11.8. The third kappa shape index (κ3) is 3.83. The van der Waals surface area contributed by atoms with E-state index >= 15 is 0 Å². The molecule has 1 heterocycles. The van der Waals surface area contributed by atoms with E-state index in [-0.39, 0.29) is 12.3 Å². The Bertz CT molecular complexity index is 265. The van der Waals surface area contributed by atoms with Crippen molar-refractivity contribution in [2.24, 2.45) is 5.92 Å². The lowest BCUT2D eigenvalue weighted by Crippen LogP contribution is -2.44. The first-order valence-corrected chi connectivity index (χ1v) is 6.02. The fourth-order valence-electron chi connectivity index (χ4n) is 2.31. The van der Waals surface area contributed by atoms with Crippen molar-refractivity contribution in [2.45, 2.75) is 52.0 Å². The molecular weight excluding hydrogens is 206 g/mol. The third-order valence-corrected chi connectivity index (χ3v) is 3.24. The molecule has 1 saturated heterocycles. The maximum Gasteiger partial charge on any atom is 0.303 e. The lowest BCUT2D eigenvalue weighted by molar-refractivity contribution is -0.137. The summed E-state index contributed by atoms with van der Waals surface area (Å²) in [5, 5.41) is 8.50. The highest BCUT2D eigenvalue weighted by molar-refractivity contribution is 5.77. The van der Waals surface area contributed by atoms with E-state index in [9.17, 15) is 9.59 Å². The Hall–Kier alpha value is -1.06. The number of rotatable bonds is 4. The van der Waals surface area contributed by atoms with Crippen molar-refractivity contribution in [3.8, 4) is 0 Å². The predicted octanol–water partition coefficient (Wildman–Crippen LogP) is 1.89. The molecule has 4 nitrogen and oxygen atoms in total. The number of hydrogen-bond donors (Lipinski definition) is 1. The first-order chi connectivity index (χ1) is 7.50. The lowest BCUT2D eigenvalue weighted by atomic mass is 9.93.